The van der Waals surface area contributed by atoms with Gasteiger partial charge in [0.2, 0.25) is 0 Å². The zero-order valence-electron chi connectivity index (χ0n) is 12.8. The summed E-state index contributed by atoms with van der Waals surface area (Å²) >= 11 is 0. The molecule has 0 aromatic heterocycles. The molecular formula is C16H27NO4. The third kappa shape index (κ3) is 2.99. The summed E-state index contributed by atoms with van der Waals surface area (Å²) in [4.78, 5) is 2.58. The van der Waals surface area contributed by atoms with E-state index in [1.165, 1.54) is 19.4 Å². The summed E-state index contributed by atoms with van der Waals surface area (Å²) in [7, 11) is 0. The van der Waals surface area contributed by atoms with Crippen LogP contribution >= 0.6 is 0 Å². The van der Waals surface area contributed by atoms with E-state index < -0.39 is 0 Å². The van der Waals surface area contributed by atoms with Gasteiger partial charge in [0.15, 0.2) is 11.6 Å². The second kappa shape index (κ2) is 5.78. The summed E-state index contributed by atoms with van der Waals surface area (Å²) in [5.74, 6) is 0.218. The fourth-order valence-electron chi connectivity index (χ4n) is 4.45. The maximum absolute atomic E-state index is 5.90. The summed E-state index contributed by atoms with van der Waals surface area (Å²) in [5.41, 5.74) is 0. The molecule has 3 heterocycles. The Labute approximate surface area is 126 Å². The smallest absolute Gasteiger partial charge is 0.170 e. The van der Waals surface area contributed by atoms with Crippen molar-refractivity contribution in [3.8, 4) is 0 Å². The molecule has 3 aliphatic heterocycles. The van der Waals surface area contributed by atoms with Gasteiger partial charge in [-0.15, -0.1) is 0 Å². The molecule has 2 spiro atoms. The molecule has 0 aromatic carbocycles. The molecule has 5 nitrogen and oxygen atoms in total. The van der Waals surface area contributed by atoms with Crippen LogP contribution in [0.4, 0.5) is 0 Å². The van der Waals surface area contributed by atoms with Crippen LogP contribution in [-0.4, -0.2) is 62.5 Å². The van der Waals surface area contributed by atoms with Crippen LogP contribution in [0.15, 0.2) is 0 Å². The van der Waals surface area contributed by atoms with E-state index in [-0.39, 0.29) is 11.6 Å². The molecule has 0 bridgehead atoms. The molecule has 4 aliphatic rings. The lowest BCUT2D eigenvalue weighted by molar-refractivity contribution is -0.196. The number of nitrogens with zero attached hydrogens (tertiary/aromatic N) is 1. The molecule has 0 N–H and O–H groups in total. The van der Waals surface area contributed by atoms with Gasteiger partial charge in [0, 0.05) is 45.3 Å². The molecule has 21 heavy (non-hydrogen) atoms. The normalized spacial score (nSPS) is 35.7. The molecule has 0 unspecified atom stereocenters. The average molecular weight is 297 g/mol. The SMILES string of the molecule is C1C[C@@H](CN2CCC3(CC2)OCCO3)CC2(C1)OCCO2. The number of hydrogen-bond donors (Lipinski definition) is 0. The first-order valence-electron chi connectivity index (χ1n) is 8.56. The van der Waals surface area contributed by atoms with Crippen LogP contribution in [0.2, 0.25) is 0 Å². The highest BCUT2D eigenvalue weighted by Gasteiger charge is 2.43. The van der Waals surface area contributed by atoms with Gasteiger partial charge < -0.3 is 23.8 Å². The van der Waals surface area contributed by atoms with Crippen LogP contribution in [0.5, 0.6) is 0 Å². The summed E-state index contributed by atoms with van der Waals surface area (Å²) in [5, 5.41) is 0. The first-order valence-corrected chi connectivity index (χ1v) is 8.56. The third-order valence-corrected chi connectivity index (χ3v) is 5.53. The van der Waals surface area contributed by atoms with E-state index in [4.69, 9.17) is 18.9 Å². The van der Waals surface area contributed by atoms with Crippen molar-refractivity contribution in [3.05, 3.63) is 0 Å². The zero-order valence-corrected chi connectivity index (χ0v) is 12.8. The molecule has 4 fully saturated rings. The standard InChI is InChI=1S/C16H27NO4/c1-2-14(12-16(3-1)20-10-11-21-16)13-17-6-4-15(5-7-17)18-8-9-19-15/h14H,1-13H2/t14-/m1/s1. The average Bonchev–Trinajstić information content (AvgIpc) is 3.13. The van der Waals surface area contributed by atoms with E-state index >= 15 is 0 Å². The molecule has 1 saturated carbocycles. The minimum absolute atomic E-state index is 0.238. The Morgan fingerprint density at radius 1 is 0.810 bits per heavy atom. The maximum Gasteiger partial charge on any atom is 0.170 e. The largest absolute Gasteiger partial charge is 0.348 e. The molecule has 5 heteroatoms. The van der Waals surface area contributed by atoms with Crippen LogP contribution in [0, 0.1) is 5.92 Å². The quantitative estimate of drug-likeness (QED) is 0.777. The Hall–Kier alpha value is -0.200. The molecule has 120 valence electrons. The predicted molar refractivity (Wildman–Crippen MR) is 76.9 cm³/mol. The number of rotatable bonds is 2. The molecule has 4 rings (SSSR count). The molecular weight excluding hydrogens is 270 g/mol. The number of piperidine rings is 1. The van der Waals surface area contributed by atoms with Crippen molar-refractivity contribution in [1.29, 1.82) is 0 Å². The molecule has 0 amide bonds. The maximum atomic E-state index is 5.90. The lowest BCUT2D eigenvalue weighted by Gasteiger charge is -2.41. The van der Waals surface area contributed by atoms with E-state index in [1.54, 1.807) is 0 Å². The van der Waals surface area contributed by atoms with Gasteiger partial charge in [0.05, 0.1) is 26.4 Å². The number of hydrogen-bond acceptors (Lipinski definition) is 5. The van der Waals surface area contributed by atoms with Crippen LogP contribution in [0.25, 0.3) is 0 Å². The first-order chi connectivity index (χ1) is 10.3. The van der Waals surface area contributed by atoms with Crippen LogP contribution in [0.1, 0.15) is 38.5 Å². The molecule has 3 saturated heterocycles. The van der Waals surface area contributed by atoms with E-state index in [1.807, 2.05) is 0 Å². The minimum atomic E-state index is -0.248. The highest BCUT2D eigenvalue weighted by Crippen LogP contribution is 2.39. The van der Waals surface area contributed by atoms with Crippen LogP contribution < -0.4 is 0 Å². The van der Waals surface area contributed by atoms with E-state index in [0.717, 1.165) is 65.2 Å². The summed E-state index contributed by atoms with van der Waals surface area (Å²) in [6, 6.07) is 0. The van der Waals surface area contributed by atoms with Gasteiger partial charge >= 0.3 is 0 Å². The molecule has 1 atom stereocenters. The van der Waals surface area contributed by atoms with Crippen molar-refractivity contribution in [2.75, 3.05) is 46.1 Å². The highest BCUT2D eigenvalue weighted by molar-refractivity contribution is 4.87. The second-order valence-electron chi connectivity index (χ2n) is 6.98. The van der Waals surface area contributed by atoms with Crippen molar-refractivity contribution in [1.82, 2.24) is 4.90 Å². The summed E-state index contributed by atoms with van der Waals surface area (Å²) in [6.45, 7) is 6.42. The van der Waals surface area contributed by atoms with Gasteiger partial charge in [0.1, 0.15) is 0 Å². The van der Waals surface area contributed by atoms with Gasteiger partial charge in [-0.3, -0.25) is 0 Å². The van der Waals surface area contributed by atoms with Crippen LogP contribution in [-0.2, 0) is 18.9 Å². The van der Waals surface area contributed by atoms with Gasteiger partial charge in [-0.2, -0.15) is 0 Å². The molecule has 1 aliphatic carbocycles. The number of ether oxygens (including phenoxy) is 4. The van der Waals surface area contributed by atoms with Crippen LogP contribution in [0.3, 0.4) is 0 Å². The third-order valence-electron chi connectivity index (χ3n) is 5.53. The monoisotopic (exact) mass is 297 g/mol. The Bertz CT molecular complexity index is 353. The topological polar surface area (TPSA) is 40.2 Å². The van der Waals surface area contributed by atoms with E-state index in [2.05, 4.69) is 4.90 Å². The van der Waals surface area contributed by atoms with Crippen molar-refractivity contribution >= 4 is 0 Å². The van der Waals surface area contributed by atoms with E-state index in [0.29, 0.717) is 5.92 Å². The zero-order chi connectivity index (χ0) is 14.2. The van der Waals surface area contributed by atoms with Crippen molar-refractivity contribution in [3.63, 3.8) is 0 Å². The molecule has 0 aromatic rings. The van der Waals surface area contributed by atoms with E-state index in [9.17, 15) is 0 Å². The highest BCUT2D eigenvalue weighted by atomic mass is 16.7. The lowest BCUT2D eigenvalue weighted by Crippen LogP contribution is -2.48. The summed E-state index contributed by atoms with van der Waals surface area (Å²) < 4.78 is 23.4. The Balaban J connectivity index is 1.28. The fraction of sp³-hybridized carbons (Fsp3) is 1.00. The van der Waals surface area contributed by atoms with Crippen molar-refractivity contribution < 1.29 is 18.9 Å². The van der Waals surface area contributed by atoms with Gasteiger partial charge in [0.25, 0.3) is 0 Å². The van der Waals surface area contributed by atoms with Gasteiger partial charge in [-0.05, 0) is 18.8 Å². The number of likely N-dealkylation sites (tertiary alicyclic amines) is 1. The Kier molecular flexibility index (Phi) is 3.96. The van der Waals surface area contributed by atoms with Crippen molar-refractivity contribution in [2.24, 2.45) is 5.92 Å². The summed E-state index contributed by atoms with van der Waals surface area (Å²) in [6.07, 6.45) is 6.71. The van der Waals surface area contributed by atoms with Gasteiger partial charge in [-0.1, -0.05) is 0 Å². The predicted octanol–water partition coefficient (Wildman–Crippen LogP) is 1.76. The minimum Gasteiger partial charge on any atom is -0.348 e. The second-order valence-corrected chi connectivity index (χ2v) is 6.98. The first kappa shape index (κ1) is 14.4. The Morgan fingerprint density at radius 2 is 1.43 bits per heavy atom. The van der Waals surface area contributed by atoms with Crippen molar-refractivity contribution in [2.45, 2.75) is 50.1 Å². The molecule has 0 radical (unpaired) electrons. The Morgan fingerprint density at radius 3 is 2.10 bits per heavy atom. The lowest BCUT2D eigenvalue weighted by atomic mass is 9.84. The van der Waals surface area contributed by atoms with Gasteiger partial charge in [-0.25, -0.2) is 0 Å². The fourth-order valence-corrected chi connectivity index (χ4v) is 4.45.